The van der Waals surface area contributed by atoms with Crippen molar-refractivity contribution in [2.45, 2.75) is 26.2 Å². The number of ether oxygens (including phenoxy) is 2. The number of hydrogen-bond donors (Lipinski definition) is 1. The summed E-state index contributed by atoms with van der Waals surface area (Å²) in [5, 5.41) is 3.08. The second-order valence-electron chi connectivity index (χ2n) is 5.70. The molecule has 8 nitrogen and oxygen atoms in total. The third-order valence-corrected chi connectivity index (χ3v) is 4.22. The summed E-state index contributed by atoms with van der Waals surface area (Å²) in [6, 6.07) is 3.22. The smallest absolute Gasteiger partial charge is 0.308 e. The number of methoxy groups -OCH3 is 1. The third kappa shape index (κ3) is 4.95. The van der Waals surface area contributed by atoms with E-state index in [9.17, 15) is 19.2 Å². The van der Waals surface area contributed by atoms with E-state index in [0.717, 1.165) is 10.5 Å². The Kier molecular flexibility index (Phi) is 6.57. The fourth-order valence-electron chi connectivity index (χ4n) is 2.41. The summed E-state index contributed by atoms with van der Waals surface area (Å²) in [4.78, 5) is 47.6. The number of imide groups is 1. The Morgan fingerprint density at radius 2 is 1.88 bits per heavy atom. The van der Waals surface area contributed by atoms with Crippen LogP contribution in [0, 0.1) is 6.92 Å². The SMILES string of the molecule is COc1cc(Cl)c(C)cc1NC(=O)COC(=O)CCN1C(=O)CCC1=O. The van der Waals surface area contributed by atoms with Crippen LogP contribution in [0.1, 0.15) is 24.8 Å². The molecule has 1 aromatic rings. The van der Waals surface area contributed by atoms with Gasteiger partial charge in [0.25, 0.3) is 5.91 Å². The Balaban J connectivity index is 1.81. The van der Waals surface area contributed by atoms with Crippen molar-refractivity contribution < 1.29 is 28.7 Å². The lowest BCUT2D eigenvalue weighted by molar-refractivity contribution is -0.148. The highest BCUT2D eigenvalue weighted by Gasteiger charge is 2.29. The summed E-state index contributed by atoms with van der Waals surface area (Å²) in [6.07, 6.45) is 0.172. The molecule has 0 radical (unpaired) electrons. The van der Waals surface area contributed by atoms with Crippen molar-refractivity contribution in [1.82, 2.24) is 4.90 Å². The largest absolute Gasteiger partial charge is 0.495 e. The summed E-state index contributed by atoms with van der Waals surface area (Å²) >= 11 is 6.00. The van der Waals surface area contributed by atoms with E-state index in [4.69, 9.17) is 21.1 Å². The van der Waals surface area contributed by atoms with Crippen LogP contribution in [0.25, 0.3) is 0 Å². The van der Waals surface area contributed by atoms with Gasteiger partial charge in [0, 0.05) is 30.5 Å². The lowest BCUT2D eigenvalue weighted by atomic mass is 10.2. The molecule has 1 aliphatic heterocycles. The van der Waals surface area contributed by atoms with Gasteiger partial charge in [-0.05, 0) is 18.6 Å². The molecule has 1 heterocycles. The topological polar surface area (TPSA) is 102 Å². The predicted molar refractivity (Wildman–Crippen MR) is 92.9 cm³/mol. The van der Waals surface area contributed by atoms with Crippen molar-refractivity contribution in [3.63, 3.8) is 0 Å². The number of likely N-dealkylation sites (tertiary alicyclic amines) is 1. The zero-order valence-electron chi connectivity index (χ0n) is 14.5. The van der Waals surface area contributed by atoms with Crippen molar-refractivity contribution in [1.29, 1.82) is 0 Å². The summed E-state index contributed by atoms with van der Waals surface area (Å²) < 4.78 is 10.0. The number of amides is 3. The van der Waals surface area contributed by atoms with Crippen molar-refractivity contribution >= 4 is 41.0 Å². The van der Waals surface area contributed by atoms with Crippen LogP contribution in [0.3, 0.4) is 0 Å². The van der Waals surface area contributed by atoms with E-state index in [1.165, 1.54) is 7.11 Å². The van der Waals surface area contributed by atoms with Crippen LogP contribution in [0.2, 0.25) is 5.02 Å². The second kappa shape index (κ2) is 8.66. The second-order valence-corrected chi connectivity index (χ2v) is 6.11. The number of hydrogen-bond acceptors (Lipinski definition) is 6. The monoisotopic (exact) mass is 382 g/mol. The van der Waals surface area contributed by atoms with Crippen LogP contribution in [0.15, 0.2) is 12.1 Å². The number of aryl methyl sites for hydroxylation is 1. The van der Waals surface area contributed by atoms with E-state index in [1.54, 1.807) is 19.1 Å². The summed E-state index contributed by atoms with van der Waals surface area (Å²) in [7, 11) is 1.44. The average Bonchev–Trinajstić information content (AvgIpc) is 2.92. The number of nitrogens with one attached hydrogen (secondary N) is 1. The summed E-state index contributed by atoms with van der Waals surface area (Å²) in [5.41, 5.74) is 1.16. The highest BCUT2D eigenvalue weighted by atomic mass is 35.5. The van der Waals surface area contributed by atoms with Gasteiger partial charge in [-0.1, -0.05) is 11.6 Å². The zero-order valence-corrected chi connectivity index (χ0v) is 15.2. The number of rotatable bonds is 7. The maximum absolute atomic E-state index is 12.0. The number of carbonyl (C=O) groups excluding carboxylic acids is 4. The van der Waals surface area contributed by atoms with E-state index in [1.807, 2.05) is 0 Å². The molecule has 3 amide bonds. The molecule has 1 saturated heterocycles. The van der Waals surface area contributed by atoms with Gasteiger partial charge in [0.05, 0.1) is 19.2 Å². The first kappa shape index (κ1) is 19.7. The Morgan fingerprint density at radius 1 is 1.23 bits per heavy atom. The first-order chi connectivity index (χ1) is 12.3. The molecule has 1 fully saturated rings. The van der Waals surface area contributed by atoms with Crippen molar-refractivity contribution in [3.05, 3.63) is 22.7 Å². The number of halogens is 1. The molecule has 26 heavy (non-hydrogen) atoms. The fourth-order valence-corrected chi connectivity index (χ4v) is 2.56. The van der Waals surface area contributed by atoms with Gasteiger partial charge in [-0.25, -0.2) is 0 Å². The normalized spacial score (nSPS) is 13.7. The van der Waals surface area contributed by atoms with Crippen LogP contribution < -0.4 is 10.1 Å². The molecule has 0 aliphatic carbocycles. The Labute approximate surface area is 155 Å². The third-order valence-electron chi connectivity index (χ3n) is 3.81. The number of anilines is 1. The van der Waals surface area contributed by atoms with E-state index in [-0.39, 0.29) is 37.6 Å². The van der Waals surface area contributed by atoms with Gasteiger partial charge in [-0.3, -0.25) is 24.1 Å². The molecule has 0 spiro atoms. The minimum Gasteiger partial charge on any atom is -0.495 e. The molecule has 0 aromatic heterocycles. The maximum atomic E-state index is 12.0. The number of nitrogens with zero attached hydrogens (tertiary/aromatic N) is 1. The fraction of sp³-hybridized carbons (Fsp3) is 0.412. The molecule has 9 heteroatoms. The van der Waals surface area contributed by atoms with E-state index in [0.29, 0.717) is 16.5 Å². The first-order valence-electron chi connectivity index (χ1n) is 7.94. The zero-order chi connectivity index (χ0) is 19.3. The van der Waals surface area contributed by atoms with Gasteiger partial charge in [0.2, 0.25) is 11.8 Å². The lowest BCUT2D eigenvalue weighted by Gasteiger charge is -2.14. The van der Waals surface area contributed by atoms with Crippen molar-refractivity contribution in [2.24, 2.45) is 0 Å². The summed E-state index contributed by atoms with van der Waals surface area (Å²) in [5.74, 6) is -1.44. The molecule has 0 unspecified atom stereocenters. The Bertz CT molecular complexity index is 733. The highest BCUT2D eigenvalue weighted by Crippen LogP contribution is 2.30. The minimum atomic E-state index is -0.674. The highest BCUT2D eigenvalue weighted by molar-refractivity contribution is 6.31. The number of benzene rings is 1. The Morgan fingerprint density at radius 3 is 2.50 bits per heavy atom. The van der Waals surface area contributed by atoms with Crippen LogP contribution >= 0.6 is 11.6 Å². The molecule has 1 aromatic carbocycles. The maximum Gasteiger partial charge on any atom is 0.308 e. The molecular formula is C17H19ClN2O6. The first-order valence-corrected chi connectivity index (χ1v) is 8.32. The van der Waals surface area contributed by atoms with E-state index < -0.39 is 18.5 Å². The lowest BCUT2D eigenvalue weighted by Crippen LogP contribution is -2.32. The van der Waals surface area contributed by atoms with E-state index in [2.05, 4.69) is 5.32 Å². The summed E-state index contributed by atoms with van der Waals surface area (Å²) in [6.45, 7) is 1.24. The molecule has 0 saturated carbocycles. The van der Waals surface area contributed by atoms with Crippen LogP contribution in [0.5, 0.6) is 5.75 Å². The van der Waals surface area contributed by atoms with Gasteiger partial charge in [-0.15, -0.1) is 0 Å². The number of carbonyl (C=O) groups is 4. The van der Waals surface area contributed by atoms with Crippen LogP contribution in [0.4, 0.5) is 5.69 Å². The predicted octanol–water partition coefficient (Wildman–Crippen LogP) is 1.68. The van der Waals surface area contributed by atoms with Crippen LogP contribution in [-0.2, 0) is 23.9 Å². The Hall–Kier alpha value is -2.61. The molecule has 0 bridgehead atoms. The van der Waals surface area contributed by atoms with E-state index >= 15 is 0 Å². The number of esters is 1. The minimum absolute atomic E-state index is 0.0394. The average molecular weight is 383 g/mol. The standard InChI is InChI=1S/C17H19ClN2O6/c1-10-7-12(13(25-2)8-11(10)18)19-14(21)9-26-17(24)5-6-20-15(22)3-4-16(20)23/h7-8H,3-6,9H2,1-2H3,(H,19,21). The van der Waals surface area contributed by atoms with Gasteiger partial charge < -0.3 is 14.8 Å². The molecule has 1 aliphatic rings. The molecule has 1 N–H and O–H groups in total. The van der Waals surface area contributed by atoms with Crippen molar-refractivity contribution in [2.75, 3.05) is 25.6 Å². The molecular weight excluding hydrogens is 364 g/mol. The van der Waals surface area contributed by atoms with Crippen molar-refractivity contribution in [3.8, 4) is 5.75 Å². The molecule has 0 atom stereocenters. The van der Waals surface area contributed by atoms with Crippen LogP contribution in [-0.4, -0.2) is 48.9 Å². The molecule has 2 rings (SSSR count). The van der Waals surface area contributed by atoms with Gasteiger partial charge in [0.15, 0.2) is 6.61 Å². The molecule has 140 valence electrons. The van der Waals surface area contributed by atoms with Gasteiger partial charge >= 0.3 is 5.97 Å². The van der Waals surface area contributed by atoms with Gasteiger partial charge in [-0.2, -0.15) is 0 Å². The quantitative estimate of drug-likeness (QED) is 0.568. The van der Waals surface area contributed by atoms with Gasteiger partial charge in [0.1, 0.15) is 5.75 Å².